The molecule has 0 aliphatic heterocycles. The molecule has 0 unspecified atom stereocenters. The summed E-state index contributed by atoms with van der Waals surface area (Å²) in [5.74, 6) is 2.13. The van der Waals surface area contributed by atoms with E-state index in [0.29, 0.717) is 29.3 Å². The van der Waals surface area contributed by atoms with Crippen molar-refractivity contribution in [3.8, 4) is 22.9 Å². The Kier molecular flexibility index (Phi) is 6.09. The van der Waals surface area contributed by atoms with Gasteiger partial charge in [0.2, 0.25) is 0 Å². The van der Waals surface area contributed by atoms with E-state index in [2.05, 4.69) is 9.97 Å². The van der Waals surface area contributed by atoms with Crippen molar-refractivity contribution in [3.05, 3.63) is 71.0 Å². The smallest absolute Gasteiger partial charge is 0.162 e. The van der Waals surface area contributed by atoms with Crippen molar-refractivity contribution in [2.45, 2.75) is 6.42 Å². The van der Waals surface area contributed by atoms with Crippen molar-refractivity contribution in [2.75, 3.05) is 13.2 Å². The zero-order chi connectivity index (χ0) is 17.5. The number of benzene rings is 2. The second-order valence-electron chi connectivity index (χ2n) is 5.22. The number of aromatic nitrogens is 2. The Balaban J connectivity index is 1.48. The van der Waals surface area contributed by atoms with E-state index in [1.807, 2.05) is 54.6 Å². The van der Waals surface area contributed by atoms with Crippen LogP contribution in [-0.2, 0) is 0 Å². The van der Waals surface area contributed by atoms with Gasteiger partial charge in [-0.3, -0.25) is 0 Å². The van der Waals surface area contributed by atoms with Crippen LogP contribution in [0.2, 0.25) is 10.3 Å². The number of hydrogen-bond acceptors (Lipinski definition) is 4. The first-order chi connectivity index (χ1) is 12.2. The van der Waals surface area contributed by atoms with Crippen LogP contribution in [0.4, 0.5) is 0 Å². The molecule has 6 heteroatoms. The molecule has 2 aromatic carbocycles. The van der Waals surface area contributed by atoms with Gasteiger partial charge in [0.1, 0.15) is 21.8 Å². The molecule has 0 amide bonds. The van der Waals surface area contributed by atoms with Crippen LogP contribution >= 0.6 is 23.2 Å². The first kappa shape index (κ1) is 17.5. The minimum Gasteiger partial charge on any atom is -0.493 e. The van der Waals surface area contributed by atoms with E-state index < -0.39 is 0 Å². The zero-order valence-corrected chi connectivity index (χ0v) is 14.9. The molecule has 0 N–H and O–H groups in total. The summed E-state index contributed by atoms with van der Waals surface area (Å²) in [6.45, 7) is 1.18. The molecule has 0 fully saturated rings. The Morgan fingerprint density at radius 3 is 1.88 bits per heavy atom. The van der Waals surface area contributed by atoms with Crippen LogP contribution in [0, 0.1) is 0 Å². The highest BCUT2D eigenvalue weighted by molar-refractivity contribution is 6.33. The molecule has 1 heterocycles. The molecular weight excluding hydrogens is 359 g/mol. The molecule has 3 aromatic rings. The molecule has 0 radical (unpaired) electrons. The van der Waals surface area contributed by atoms with Crippen LogP contribution in [0.15, 0.2) is 60.7 Å². The fraction of sp³-hybridized carbons (Fsp3) is 0.158. The lowest BCUT2D eigenvalue weighted by molar-refractivity contribution is 0.247. The second kappa shape index (κ2) is 8.70. The molecule has 0 aliphatic rings. The number of ether oxygens (including phenoxy) is 2. The van der Waals surface area contributed by atoms with E-state index >= 15 is 0 Å². The first-order valence-electron chi connectivity index (χ1n) is 7.82. The molecular formula is C19H16Cl2N2O2. The standard InChI is InChI=1S/C19H16Cl2N2O2/c20-17-13-18(21)23-19(22-17)14-7-9-16(10-8-14)25-12-4-11-24-15-5-2-1-3-6-15/h1-3,5-10,13H,4,11-12H2. The van der Waals surface area contributed by atoms with Gasteiger partial charge >= 0.3 is 0 Å². The quantitative estimate of drug-likeness (QED) is 0.415. The third-order valence-corrected chi connectivity index (χ3v) is 3.73. The third-order valence-electron chi connectivity index (χ3n) is 3.35. The van der Waals surface area contributed by atoms with Gasteiger partial charge in [-0.05, 0) is 36.4 Å². The average Bonchev–Trinajstić information content (AvgIpc) is 2.62. The van der Waals surface area contributed by atoms with Crippen molar-refractivity contribution in [2.24, 2.45) is 0 Å². The number of rotatable bonds is 7. The van der Waals surface area contributed by atoms with E-state index in [-0.39, 0.29) is 0 Å². The fourth-order valence-corrected chi connectivity index (χ4v) is 2.60. The maximum absolute atomic E-state index is 5.90. The van der Waals surface area contributed by atoms with Gasteiger partial charge in [-0.1, -0.05) is 41.4 Å². The highest BCUT2D eigenvalue weighted by Crippen LogP contribution is 2.22. The number of nitrogens with zero attached hydrogens (tertiary/aromatic N) is 2. The van der Waals surface area contributed by atoms with Gasteiger partial charge in [-0.25, -0.2) is 9.97 Å². The highest BCUT2D eigenvalue weighted by Gasteiger charge is 2.05. The molecule has 1 aromatic heterocycles. The molecule has 4 nitrogen and oxygen atoms in total. The van der Waals surface area contributed by atoms with Crippen molar-refractivity contribution in [3.63, 3.8) is 0 Å². The Bertz CT molecular complexity index is 791. The predicted molar refractivity (Wildman–Crippen MR) is 99.5 cm³/mol. The molecule has 0 aliphatic carbocycles. The summed E-state index contributed by atoms with van der Waals surface area (Å²) in [6.07, 6.45) is 0.795. The van der Waals surface area contributed by atoms with Crippen molar-refractivity contribution >= 4 is 23.2 Å². The van der Waals surface area contributed by atoms with Crippen molar-refractivity contribution in [1.82, 2.24) is 9.97 Å². The molecule has 25 heavy (non-hydrogen) atoms. The molecule has 128 valence electrons. The summed E-state index contributed by atoms with van der Waals surface area (Å²) in [6, 6.07) is 18.7. The Labute approximate surface area is 156 Å². The summed E-state index contributed by atoms with van der Waals surface area (Å²) in [5.41, 5.74) is 0.823. The third kappa shape index (κ3) is 5.34. The van der Waals surface area contributed by atoms with Gasteiger partial charge in [0.25, 0.3) is 0 Å². The first-order valence-corrected chi connectivity index (χ1v) is 8.57. The lowest BCUT2D eigenvalue weighted by Crippen LogP contribution is -2.04. The number of halogens is 2. The van der Waals surface area contributed by atoms with Gasteiger partial charge in [0.05, 0.1) is 13.2 Å². The van der Waals surface area contributed by atoms with Crippen LogP contribution in [0.3, 0.4) is 0 Å². The van der Waals surface area contributed by atoms with E-state index in [0.717, 1.165) is 23.5 Å². The average molecular weight is 375 g/mol. The minimum atomic E-state index is 0.314. The Morgan fingerprint density at radius 2 is 1.28 bits per heavy atom. The van der Waals surface area contributed by atoms with Gasteiger partial charge in [0.15, 0.2) is 5.82 Å². The van der Waals surface area contributed by atoms with Gasteiger partial charge in [-0.2, -0.15) is 0 Å². The second-order valence-corrected chi connectivity index (χ2v) is 6.00. The van der Waals surface area contributed by atoms with Crippen molar-refractivity contribution < 1.29 is 9.47 Å². The van der Waals surface area contributed by atoms with Crippen LogP contribution in [0.5, 0.6) is 11.5 Å². The Hall–Kier alpha value is -2.30. The minimum absolute atomic E-state index is 0.314. The van der Waals surface area contributed by atoms with Crippen molar-refractivity contribution in [1.29, 1.82) is 0 Å². The SMILES string of the molecule is Clc1cc(Cl)nc(-c2ccc(OCCCOc3ccccc3)cc2)n1. The number of para-hydroxylation sites is 1. The van der Waals surface area contributed by atoms with Gasteiger partial charge in [-0.15, -0.1) is 0 Å². The van der Waals surface area contributed by atoms with E-state index in [1.54, 1.807) is 0 Å². The maximum Gasteiger partial charge on any atom is 0.162 e. The van der Waals surface area contributed by atoms with Gasteiger partial charge in [0, 0.05) is 18.1 Å². The summed E-state index contributed by atoms with van der Waals surface area (Å²) < 4.78 is 11.3. The number of hydrogen-bond donors (Lipinski definition) is 0. The predicted octanol–water partition coefficient (Wildman–Crippen LogP) is 5.30. The maximum atomic E-state index is 5.90. The molecule has 0 atom stereocenters. The largest absolute Gasteiger partial charge is 0.493 e. The zero-order valence-electron chi connectivity index (χ0n) is 13.4. The molecule has 0 bridgehead atoms. The Morgan fingerprint density at radius 1 is 0.720 bits per heavy atom. The summed E-state index contributed by atoms with van der Waals surface area (Å²) in [4.78, 5) is 8.32. The van der Waals surface area contributed by atoms with E-state index in [9.17, 15) is 0 Å². The summed E-state index contributed by atoms with van der Waals surface area (Å²) in [5, 5.41) is 0.627. The van der Waals surface area contributed by atoms with E-state index in [4.69, 9.17) is 32.7 Å². The lowest BCUT2D eigenvalue weighted by atomic mass is 10.2. The highest BCUT2D eigenvalue weighted by atomic mass is 35.5. The van der Waals surface area contributed by atoms with Crippen LogP contribution in [0.25, 0.3) is 11.4 Å². The molecule has 3 rings (SSSR count). The van der Waals surface area contributed by atoms with Crippen LogP contribution < -0.4 is 9.47 Å². The lowest BCUT2D eigenvalue weighted by Gasteiger charge is -2.08. The summed E-state index contributed by atoms with van der Waals surface area (Å²) in [7, 11) is 0. The van der Waals surface area contributed by atoms with Crippen LogP contribution in [-0.4, -0.2) is 23.2 Å². The summed E-state index contributed by atoms with van der Waals surface area (Å²) >= 11 is 11.8. The molecule has 0 saturated carbocycles. The molecule has 0 spiro atoms. The monoisotopic (exact) mass is 374 g/mol. The molecule has 0 saturated heterocycles. The topological polar surface area (TPSA) is 44.2 Å². The van der Waals surface area contributed by atoms with Gasteiger partial charge < -0.3 is 9.47 Å². The normalized spacial score (nSPS) is 10.5. The van der Waals surface area contributed by atoms with E-state index in [1.165, 1.54) is 6.07 Å². The fourth-order valence-electron chi connectivity index (χ4n) is 2.18. The van der Waals surface area contributed by atoms with Crippen LogP contribution in [0.1, 0.15) is 6.42 Å².